The lowest BCUT2D eigenvalue weighted by molar-refractivity contribution is -0.124. The van der Waals surface area contributed by atoms with Crippen LogP contribution in [-0.4, -0.2) is 29.9 Å². The Morgan fingerprint density at radius 3 is 2.52 bits per heavy atom. The van der Waals surface area contributed by atoms with Gasteiger partial charge in [-0.1, -0.05) is 42.5 Å². The molecule has 130 valence electrons. The Balaban J connectivity index is 1.35. The maximum Gasteiger partial charge on any atom is 0.230 e. The molecule has 0 aromatic heterocycles. The van der Waals surface area contributed by atoms with Crippen LogP contribution in [-0.2, 0) is 16.8 Å². The van der Waals surface area contributed by atoms with Crippen molar-refractivity contribution < 1.29 is 4.79 Å². The molecule has 3 N–H and O–H groups in total. The minimum absolute atomic E-state index is 0.184. The zero-order chi connectivity index (χ0) is 17.3. The molecule has 1 aliphatic carbocycles. The number of likely N-dealkylation sites (tertiary alicyclic amines) is 1. The van der Waals surface area contributed by atoms with Gasteiger partial charge in [-0.25, -0.2) is 0 Å². The predicted octanol–water partition coefficient (Wildman–Crippen LogP) is 2.69. The number of nitrogen functional groups attached to an aromatic ring is 1. The van der Waals surface area contributed by atoms with Gasteiger partial charge in [-0.05, 0) is 42.5 Å². The molecular formula is C21H25N3O. The molecular weight excluding hydrogens is 310 g/mol. The Labute approximate surface area is 149 Å². The van der Waals surface area contributed by atoms with Crippen LogP contribution in [0.15, 0.2) is 54.6 Å². The zero-order valence-electron chi connectivity index (χ0n) is 14.4. The van der Waals surface area contributed by atoms with Gasteiger partial charge in [0.05, 0.1) is 5.41 Å². The topological polar surface area (TPSA) is 58.4 Å². The number of anilines is 1. The molecule has 2 fully saturated rings. The molecule has 1 atom stereocenters. The smallest absolute Gasteiger partial charge is 0.230 e. The van der Waals surface area contributed by atoms with Crippen LogP contribution >= 0.6 is 0 Å². The zero-order valence-corrected chi connectivity index (χ0v) is 14.4. The summed E-state index contributed by atoms with van der Waals surface area (Å²) in [6.07, 6.45) is 2.89. The molecule has 4 nitrogen and oxygen atoms in total. The number of hydrogen-bond acceptors (Lipinski definition) is 3. The van der Waals surface area contributed by atoms with Crippen molar-refractivity contribution in [2.45, 2.75) is 37.3 Å². The summed E-state index contributed by atoms with van der Waals surface area (Å²) in [6.45, 7) is 2.92. The van der Waals surface area contributed by atoms with Gasteiger partial charge < -0.3 is 11.1 Å². The Morgan fingerprint density at radius 1 is 1.12 bits per heavy atom. The van der Waals surface area contributed by atoms with Crippen LogP contribution in [0.3, 0.4) is 0 Å². The maximum atomic E-state index is 12.9. The van der Waals surface area contributed by atoms with Gasteiger partial charge in [0.2, 0.25) is 5.91 Å². The monoisotopic (exact) mass is 335 g/mol. The van der Waals surface area contributed by atoms with Gasteiger partial charge in [-0.15, -0.1) is 0 Å². The maximum absolute atomic E-state index is 12.9. The molecule has 1 saturated heterocycles. The summed E-state index contributed by atoms with van der Waals surface area (Å²) in [4.78, 5) is 15.3. The summed E-state index contributed by atoms with van der Waals surface area (Å²) < 4.78 is 0. The van der Waals surface area contributed by atoms with Crippen molar-refractivity contribution in [1.82, 2.24) is 10.2 Å². The second-order valence-corrected chi connectivity index (χ2v) is 7.38. The standard InChI is InChI=1S/C21H25N3O/c22-18-8-6-17(7-9-18)21(11-12-21)20(25)23-19-10-13-24(15-19)14-16-4-2-1-3-5-16/h1-9,19H,10-15,22H2,(H,23,25). The van der Waals surface area contributed by atoms with E-state index in [4.69, 9.17) is 5.73 Å². The molecule has 2 aromatic carbocycles. The summed E-state index contributed by atoms with van der Waals surface area (Å²) in [5.41, 5.74) is 8.62. The minimum Gasteiger partial charge on any atom is -0.399 e. The Kier molecular flexibility index (Phi) is 4.22. The van der Waals surface area contributed by atoms with E-state index in [1.54, 1.807) is 0 Å². The van der Waals surface area contributed by atoms with Crippen molar-refractivity contribution in [3.63, 3.8) is 0 Å². The van der Waals surface area contributed by atoms with Gasteiger partial charge in [0, 0.05) is 31.4 Å². The molecule has 4 rings (SSSR count). The molecule has 0 spiro atoms. The number of carbonyl (C=O) groups is 1. The third-order valence-corrected chi connectivity index (χ3v) is 5.50. The predicted molar refractivity (Wildman–Crippen MR) is 100 cm³/mol. The first-order valence-electron chi connectivity index (χ1n) is 9.09. The highest BCUT2D eigenvalue weighted by Crippen LogP contribution is 2.48. The molecule has 1 unspecified atom stereocenters. The summed E-state index contributed by atoms with van der Waals surface area (Å²) in [7, 11) is 0. The molecule has 1 amide bonds. The van der Waals surface area contributed by atoms with Crippen molar-refractivity contribution in [2.75, 3.05) is 18.8 Å². The molecule has 0 bridgehead atoms. The fourth-order valence-electron chi connectivity index (χ4n) is 3.83. The number of rotatable bonds is 5. The van der Waals surface area contributed by atoms with Gasteiger partial charge in [-0.3, -0.25) is 9.69 Å². The summed E-state index contributed by atoms with van der Waals surface area (Å²) in [6, 6.07) is 18.5. The van der Waals surface area contributed by atoms with E-state index in [0.29, 0.717) is 0 Å². The highest BCUT2D eigenvalue weighted by atomic mass is 16.2. The second-order valence-electron chi connectivity index (χ2n) is 7.38. The van der Waals surface area contributed by atoms with E-state index in [2.05, 4.69) is 34.5 Å². The van der Waals surface area contributed by atoms with Crippen molar-refractivity contribution in [3.8, 4) is 0 Å². The lowest BCUT2D eigenvalue weighted by Gasteiger charge is -2.20. The Bertz CT molecular complexity index is 737. The number of nitrogens with zero attached hydrogens (tertiary/aromatic N) is 1. The fraction of sp³-hybridized carbons (Fsp3) is 0.381. The third kappa shape index (κ3) is 3.40. The lowest BCUT2D eigenvalue weighted by Crippen LogP contribution is -2.42. The van der Waals surface area contributed by atoms with Crippen LogP contribution in [0.25, 0.3) is 0 Å². The van der Waals surface area contributed by atoms with Crippen molar-refractivity contribution in [3.05, 3.63) is 65.7 Å². The van der Waals surface area contributed by atoms with Crippen LogP contribution in [0.1, 0.15) is 30.4 Å². The molecule has 0 radical (unpaired) electrons. The lowest BCUT2D eigenvalue weighted by atomic mass is 9.94. The normalized spacial score (nSPS) is 21.8. The molecule has 2 aliphatic rings. The van der Waals surface area contributed by atoms with Crippen LogP contribution in [0.2, 0.25) is 0 Å². The van der Waals surface area contributed by atoms with Crippen LogP contribution in [0.5, 0.6) is 0 Å². The number of nitrogens with one attached hydrogen (secondary N) is 1. The van der Waals surface area contributed by atoms with E-state index in [-0.39, 0.29) is 17.4 Å². The molecule has 1 aliphatic heterocycles. The van der Waals surface area contributed by atoms with Crippen molar-refractivity contribution in [1.29, 1.82) is 0 Å². The van der Waals surface area contributed by atoms with Gasteiger partial charge in [-0.2, -0.15) is 0 Å². The molecule has 4 heteroatoms. The Morgan fingerprint density at radius 2 is 1.84 bits per heavy atom. The van der Waals surface area contributed by atoms with Crippen molar-refractivity contribution >= 4 is 11.6 Å². The van der Waals surface area contributed by atoms with Crippen molar-refractivity contribution in [2.24, 2.45) is 0 Å². The first-order valence-corrected chi connectivity index (χ1v) is 9.09. The summed E-state index contributed by atoms with van der Waals surface area (Å²) >= 11 is 0. The average Bonchev–Trinajstić information content (AvgIpc) is 3.33. The first kappa shape index (κ1) is 16.2. The van der Waals surface area contributed by atoms with Gasteiger partial charge in [0.25, 0.3) is 0 Å². The number of carbonyl (C=O) groups excluding carboxylic acids is 1. The quantitative estimate of drug-likeness (QED) is 0.826. The van der Waals surface area contributed by atoms with E-state index in [9.17, 15) is 4.79 Å². The van der Waals surface area contributed by atoms with Gasteiger partial charge in [0.1, 0.15) is 0 Å². The van der Waals surface area contributed by atoms with E-state index < -0.39 is 0 Å². The average molecular weight is 335 g/mol. The van der Waals surface area contributed by atoms with Gasteiger partial charge >= 0.3 is 0 Å². The van der Waals surface area contributed by atoms with E-state index >= 15 is 0 Å². The summed E-state index contributed by atoms with van der Waals surface area (Å²) in [5.74, 6) is 0.184. The largest absolute Gasteiger partial charge is 0.399 e. The Hall–Kier alpha value is -2.33. The number of hydrogen-bond donors (Lipinski definition) is 2. The molecule has 25 heavy (non-hydrogen) atoms. The number of amides is 1. The van der Waals surface area contributed by atoms with E-state index in [1.807, 2.05) is 30.3 Å². The fourth-order valence-corrected chi connectivity index (χ4v) is 3.83. The molecule has 1 saturated carbocycles. The van der Waals surface area contributed by atoms with Crippen LogP contribution in [0, 0.1) is 0 Å². The number of benzene rings is 2. The first-order chi connectivity index (χ1) is 12.2. The molecule has 2 aromatic rings. The van der Waals surface area contributed by atoms with E-state index in [1.165, 1.54) is 5.56 Å². The highest BCUT2D eigenvalue weighted by molar-refractivity contribution is 5.91. The number of nitrogens with two attached hydrogens (primary N) is 1. The van der Waals surface area contributed by atoms with Gasteiger partial charge in [0.15, 0.2) is 0 Å². The summed E-state index contributed by atoms with van der Waals surface area (Å²) in [5, 5.41) is 3.30. The van der Waals surface area contributed by atoms with E-state index in [0.717, 1.165) is 50.1 Å². The third-order valence-electron chi connectivity index (χ3n) is 5.50. The minimum atomic E-state index is -0.319. The SMILES string of the molecule is Nc1ccc(C2(C(=O)NC3CCN(Cc4ccccc4)C3)CC2)cc1. The van der Waals surface area contributed by atoms with Crippen LogP contribution in [0.4, 0.5) is 5.69 Å². The van der Waals surface area contributed by atoms with Crippen LogP contribution < -0.4 is 11.1 Å². The second kappa shape index (κ2) is 6.52. The molecule has 1 heterocycles. The highest BCUT2D eigenvalue weighted by Gasteiger charge is 2.51.